The third-order valence-electron chi connectivity index (χ3n) is 2.69. The molecule has 2 aromatic carbocycles. The summed E-state index contributed by atoms with van der Waals surface area (Å²) in [5.74, 6) is 0.879. The van der Waals surface area contributed by atoms with E-state index >= 15 is 0 Å². The molecule has 0 radical (unpaired) electrons. The first-order chi connectivity index (χ1) is 8.74. The van der Waals surface area contributed by atoms with E-state index in [1.54, 1.807) is 0 Å². The smallest absolute Gasteiger partial charge is 0.119 e. The van der Waals surface area contributed by atoms with E-state index < -0.39 is 0 Å². The molecule has 0 bridgehead atoms. The molecule has 0 aliphatic rings. The van der Waals surface area contributed by atoms with Gasteiger partial charge >= 0.3 is 0 Å². The molecule has 0 saturated carbocycles. The van der Waals surface area contributed by atoms with Crippen molar-refractivity contribution in [3.8, 4) is 5.75 Å². The Morgan fingerprint density at radius 1 is 0.944 bits per heavy atom. The third kappa shape index (κ3) is 3.90. The fourth-order valence-corrected chi connectivity index (χ4v) is 1.76. The maximum atomic E-state index is 5.65. The summed E-state index contributed by atoms with van der Waals surface area (Å²) in [6, 6.07) is 18.7. The second-order valence-electron chi connectivity index (χ2n) is 4.59. The molecule has 2 nitrogen and oxygen atoms in total. The van der Waals surface area contributed by atoms with Gasteiger partial charge in [0.2, 0.25) is 0 Å². The van der Waals surface area contributed by atoms with Gasteiger partial charge in [-0.05, 0) is 36.6 Å². The molecule has 2 N–H and O–H groups in total. The number of hydrogen-bond donors (Lipinski definition) is 1. The highest BCUT2D eigenvalue weighted by molar-refractivity contribution is 5.31. The molecule has 0 aliphatic heterocycles. The lowest BCUT2D eigenvalue weighted by Crippen LogP contribution is -2.23. The minimum Gasteiger partial charge on any atom is -0.492 e. The Kier molecular flexibility index (Phi) is 4.37. The average Bonchev–Trinajstić information content (AvgIpc) is 2.39. The second kappa shape index (κ2) is 6.22. The van der Waals surface area contributed by atoms with Gasteiger partial charge in [-0.15, -0.1) is 0 Å². The van der Waals surface area contributed by atoms with Crippen LogP contribution in [0.1, 0.15) is 18.1 Å². The summed E-state index contributed by atoms with van der Waals surface area (Å²) < 4.78 is 5.55. The number of nitrogens with two attached hydrogens (primary N) is 1. The van der Waals surface area contributed by atoms with E-state index in [1.165, 1.54) is 11.1 Å². The van der Waals surface area contributed by atoms with E-state index in [0.717, 1.165) is 12.2 Å². The van der Waals surface area contributed by atoms with Gasteiger partial charge in [-0.25, -0.2) is 0 Å². The average molecular weight is 241 g/mol. The second-order valence-corrected chi connectivity index (χ2v) is 4.59. The number of benzene rings is 2. The van der Waals surface area contributed by atoms with E-state index in [2.05, 4.69) is 36.4 Å². The Hall–Kier alpha value is -1.80. The van der Waals surface area contributed by atoms with Crippen LogP contribution in [0.15, 0.2) is 54.6 Å². The fraction of sp³-hybridized carbons (Fsp3) is 0.250. The monoisotopic (exact) mass is 241 g/mol. The van der Waals surface area contributed by atoms with Crippen molar-refractivity contribution in [3.63, 3.8) is 0 Å². The van der Waals surface area contributed by atoms with Gasteiger partial charge in [-0.3, -0.25) is 0 Å². The molecule has 2 aromatic rings. The van der Waals surface area contributed by atoms with Crippen LogP contribution in [-0.2, 0) is 6.42 Å². The van der Waals surface area contributed by atoms with E-state index in [4.69, 9.17) is 10.5 Å². The highest BCUT2D eigenvalue weighted by atomic mass is 16.5. The Morgan fingerprint density at radius 2 is 1.56 bits per heavy atom. The van der Waals surface area contributed by atoms with E-state index in [0.29, 0.717) is 6.61 Å². The molecule has 2 heteroatoms. The standard InChI is InChI=1S/C16H19NO/c1-13(17)12-18-16-9-7-15(8-10-16)11-14-5-3-2-4-6-14/h2-10,13H,11-12,17H2,1H3. The summed E-state index contributed by atoms with van der Waals surface area (Å²) in [5, 5.41) is 0. The number of rotatable bonds is 5. The zero-order valence-electron chi connectivity index (χ0n) is 10.7. The molecule has 1 atom stereocenters. The summed E-state index contributed by atoms with van der Waals surface area (Å²) in [5.41, 5.74) is 8.25. The van der Waals surface area contributed by atoms with Crippen molar-refractivity contribution in [1.82, 2.24) is 0 Å². The lowest BCUT2D eigenvalue weighted by molar-refractivity contribution is 0.296. The van der Waals surface area contributed by atoms with Crippen LogP contribution in [0.3, 0.4) is 0 Å². The summed E-state index contributed by atoms with van der Waals surface area (Å²) >= 11 is 0. The first-order valence-corrected chi connectivity index (χ1v) is 6.25. The molecule has 0 heterocycles. The van der Waals surface area contributed by atoms with Crippen molar-refractivity contribution in [2.45, 2.75) is 19.4 Å². The van der Waals surface area contributed by atoms with Crippen LogP contribution >= 0.6 is 0 Å². The third-order valence-corrected chi connectivity index (χ3v) is 2.69. The maximum absolute atomic E-state index is 5.65. The zero-order valence-corrected chi connectivity index (χ0v) is 10.7. The quantitative estimate of drug-likeness (QED) is 0.873. The highest BCUT2D eigenvalue weighted by Gasteiger charge is 1.99. The van der Waals surface area contributed by atoms with Gasteiger partial charge in [-0.2, -0.15) is 0 Å². The van der Waals surface area contributed by atoms with Gasteiger partial charge in [0, 0.05) is 6.04 Å². The Morgan fingerprint density at radius 3 is 2.17 bits per heavy atom. The summed E-state index contributed by atoms with van der Waals surface area (Å²) in [4.78, 5) is 0. The topological polar surface area (TPSA) is 35.2 Å². The SMILES string of the molecule is CC(N)COc1ccc(Cc2ccccc2)cc1. The Labute approximate surface area is 108 Å². The Bertz CT molecular complexity index is 462. The molecule has 0 aliphatic carbocycles. The first-order valence-electron chi connectivity index (χ1n) is 6.25. The predicted octanol–water partition coefficient (Wildman–Crippen LogP) is 3.00. The molecule has 0 amide bonds. The lowest BCUT2D eigenvalue weighted by Gasteiger charge is -2.09. The molecule has 0 aromatic heterocycles. The van der Waals surface area contributed by atoms with Gasteiger partial charge in [0.15, 0.2) is 0 Å². The molecular formula is C16H19NO. The van der Waals surface area contributed by atoms with Gasteiger partial charge < -0.3 is 10.5 Å². The Balaban J connectivity index is 1.95. The van der Waals surface area contributed by atoms with Crippen LogP contribution in [0, 0.1) is 0 Å². The highest BCUT2D eigenvalue weighted by Crippen LogP contribution is 2.15. The van der Waals surface area contributed by atoms with Crippen LogP contribution in [0.4, 0.5) is 0 Å². The summed E-state index contributed by atoms with van der Waals surface area (Å²) in [6.45, 7) is 2.49. The van der Waals surface area contributed by atoms with Gasteiger partial charge in [0.05, 0.1) is 0 Å². The van der Waals surface area contributed by atoms with Crippen molar-refractivity contribution >= 4 is 0 Å². The largest absolute Gasteiger partial charge is 0.492 e. The minimum atomic E-state index is 0.0639. The molecule has 18 heavy (non-hydrogen) atoms. The van der Waals surface area contributed by atoms with Crippen molar-refractivity contribution < 1.29 is 4.74 Å². The summed E-state index contributed by atoms with van der Waals surface area (Å²) in [7, 11) is 0. The van der Waals surface area contributed by atoms with Crippen LogP contribution < -0.4 is 10.5 Å². The number of ether oxygens (including phenoxy) is 1. The van der Waals surface area contributed by atoms with Crippen LogP contribution in [0.2, 0.25) is 0 Å². The predicted molar refractivity (Wildman–Crippen MR) is 74.8 cm³/mol. The van der Waals surface area contributed by atoms with E-state index in [1.807, 2.05) is 25.1 Å². The van der Waals surface area contributed by atoms with Gasteiger partial charge in [-0.1, -0.05) is 42.5 Å². The first kappa shape index (κ1) is 12.7. The van der Waals surface area contributed by atoms with Crippen LogP contribution in [-0.4, -0.2) is 12.6 Å². The van der Waals surface area contributed by atoms with Gasteiger partial charge in [0.1, 0.15) is 12.4 Å². The zero-order chi connectivity index (χ0) is 12.8. The lowest BCUT2D eigenvalue weighted by atomic mass is 10.1. The van der Waals surface area contributed by atoms with Crippen LogP contribution in [0.5, 0.6) is 5.75 Å². The van der Waals surface area contributed by atoms with Crippen molar-refractivity contribution in [2.75, 3.05) is 6.61 Å². The van der Waals surface area contributed by atoms with Crippen LogP contribution in [0.25, 0.3) is 0 Å². The molecule has 94 valence electrons. The maximum Gasteiger partial charge on any atom is 0.119 e. The molecule has 0 spiro atoms. The molecule has 1 unspecified atom stereocenters. The fourth-order valence-electron chi connectivity index (χ4n) is 1.76. The molecule has 0 fully saturated rings. The molecular weight excluding hydrogens is 222 g/mol. The van der Waals surface area contributed by atoms with Crippen molar-refractivity contribution in [1.29, 1.82) is 0 Å². The van der Waals surface area contributed by atoms with Crippen molar-refractivity contribution in [3.05, 3.63) is 65.7 Å². The van der Waals surface area contributed by atoms with Gasteiger partial charge in [0.25, 0.3) is 0 Å². The summed E-state index contributed by atoms with van der Waals surface area (Å²) in [6.07, 6.45) is 0.953. The molecule has 2 rings (SSSR count). The molecule has 0 saturated heterocycles. The number of hydrogen-bond acceptors (Lipinski definition) is 2. The van der Waals surface area contributed by atoms with E-state index in [9.17, 15) is 0 Å². The normalized spacial score (nSPS) is 12.1. The minimum absolute atomic E-state index is 0.0639. The van der Waals surface area contributed by atoms with E-state index in [-0.39, 0.29) is 6.04 Å². The van der Waals surface area contributed by atoms with Crippen molar-refractivity contribution in [2.24, 2.45) is 5.73 Å².